The number of methoxy groups -OCH3 is 1. The number of ether oxygens (including phenoxy) is 1. The monoisotopic (exact) mass is 348 g/mol. The van der Waals surface area contributed by atoms with E-state index in [1.807, 2.05) is 13.0 Å². The van der Waals surface area contributed by atoms with Crippen LogP contribution in [0.1, 0.15) is 24.1 Å². The van der Waals surface area contributed by atoms with Gasteiger partial charge >= 0.3 is 0 Å². The van der Waals surface area contributed by atoms with Gasteiger partial charge < -0.3 is 10.1 Å². The van der Waals surface area contributed by atoms with Gasteiger partial charge in [0.05, 0.1) is 30.0 Å². The van der Waals surface area contributed by atoms with E-state index in [4.69, 9.17) is 4.74 Å². The van der Waals surface area contributed by atoms with Crippen LogP contribution < -0.4 is 10.1 Å². The lowest BCUT2D eigenvalue weighted by atomic mass is 10.1. The number of hydrogen-bond donors (Lipinski definition) is 1. The highest BCUT2D eigenvalue weighted by Crippen LogP contribution is 2.31. The molecule has 1 atom stereocenters. The van der Waals surface area contributed by atoms with Crippen molar-refractivity contribution in [3.05, 3.63) is 57.8 Å². The first-order valence-corrected chi connectivity index (χ1v) is 7.14. The van der Waals surface area contributed by atoms with Gasteiger partial charge in [-0.25, -0.2) is 4.39 Å². The van der Waals surface area contributed by atoms with Crippen LogP contribution in [0.15, 0.2) is 40.9 Å². The van der Waals surface area contributed by atoms with Gasteiger partial charge in [-0.05, 0) is 37.3 Å². The van der Waals surface area contributed by atoms with Crippen LogP contribution in [0.4, 0.5) is 10.1 Å². The Kier molecular flexibility index (Phi) is 4.81. The summed E-state index contributed by atoms with van der Waals surface area (Å²) in [6, 6.07) is 11.8. The first-order chi connectivity index (χ1) is 10.1. The Morgan fingerprint density at radius 2 is 2.10 bits per heavy atom. The minimum Gasteiger partial charge on any atom is -0.496 e. The minimum absolute atomic E-state index is 0.338. The van der Waals surface area contributed by atoms with Crippen molar-refractivity contribution in [2.75, 3.05) is 12.4 Å². The molecule has 0 amide bonds. The Hall–Kier alpha value is -2.06. The molecule has 0 fully saturated rings. The molecule has 0 heterocycles. The third kappa shape index (κ3) is 3.34. The van der Waals surface area contributed by atoms with E-state index in [0.29, 0.717) is 22.6 Å². The molecule has 2 aromatic rings. The van der Waals surface area contributed by atoms with Gasteiger partial charge in [0.15, 0.2) is 0 Å². The van der Waals surface area contributed by atoms with Crippen molar-refractivity contribution >= 4 is 21.6 Å². The molecule has 1 unspecified atom stereocenters. The Balaban J connectivity index is 2.35. The average molecular weight is 349 g/mol. The molecule has 3 nitrogen and oxygen atoms in total. The van der Waals surface area contributed by atoms with Crippen LogP contribution in [0.2, 0.25) is 0 Å². The molecule has 5 heteroatoms. The lowest BCUT2D eigenvalue weighted by molar-refractivity contribution is 0.402. The highest BCUT2D eigenvalue weighted by molar-refractivity contribution is 9.10. The smallest absolute Gasteiger partial charge is 0.132 e. The second kappa shape index (κ2) is 6.59. The number of nitrogens with zero attached hydrogens (tertiary/aromatic N) is 1. The molecule has 1 N–H and O–H groups in total. The molecule has 0 aromatic heterocycles. The predicted molar refractivity (Wildman–Crippen MR) is 83.8 cm³/mol. The topological polar surface area (TPSA) is 45.0 Å². The number of halogens is 2. The van der Waals surface area contributed by atoms with Crippen molar-refractivity contribution in [2.45, 2.75) is 13.0 Å². The van der Waals surface area contributed by atoms with Gasteiger partial charge in [-0.15, -0.1) is 0 Å². The molecule has 0 bridgehead atoms. The van der Waals surface area contributed by atoms with Crippen LogP contribution in [-0.2, 0) is 0 Å². The number of hydrogen-bond acceptors (Lipinski definition) is 3. The van der Waals surface area contributed by atoms with Crippen molar-refractivity contribution in [3.63, 3.8) is 0 Å². The number of benzene rings is 2. The third-order valence-corrected chi connectivity index (χ3v) is 3.63. The SMILES string of the molecule is COc1cccc(F)c1C(C)Nc1ccc(Br)cc1C#N. The zero-order valence-electron chi connectivity index (χ0n) is 11.7. The highest BCUT2D eigenvalue weighted by Gasteiger charge is 2.17. The van der Waals surface area contributed by atoms with Gasteiger partial charge in [0.25, 0.3) is 0 Å². The predicted octanol–water partition coefficient (Wildman–Crippen LogP) is 4.64. The lowest BCUT2D eigenvalue weighted by Crippen LogP contribution is -2.11. The maximum atomic E-state index is 14.0. The van der Waals surface area contributed by atoms with Crippen LogP contribution in [-0.4, -0.2) is 7.11 Å². The Morgan fingerprint density at radius 3 is 2.76 bits per heavy atom. The summed E-state index contributed by atoms with van der Waals surface area (Å²) in [6.45, 7) is 1.82. The van der Waals surface area contributed by atoms with E-state index in [2.05, 4.69) is 27.3 Å². The molecular weight excluding hydrogens is 335 g/mol. The zero-order chi connectivity index (χ0) is 15.4. The minimum atomic E-state index is -0.343. The van der Waals surface area contributed by atoms with Crippen LogP contribution in [0.5, 0.6) is 5.75 Å². The van der Waals surface area contributed by atoms with Gasteiger partial charge in [-0.3, -0.25) is 0 Å². The molecule has 21 heavy (non-hydrogen) atoms. The van der Waals surface area contributed by atoms with Crippen molar-refractivity contribution in [1.29, 1.82) is 5.26 Å². The van der Waals surface area contributed by atoms with Gasteiger partial charge in [0.1, 0.15) is 17.6 Å². The summed E-state index contributed by atoms with van der Waals surface area (Å²) in [5.41, 5.74) is 1.58. The summed E-state index contributed by atoms with van der Waals surface area (Å²) in [7, 11) is 1.51. The standard InChI is InChI=1S/C16H14BrFN2O/c1-10(16-13(18)4-3-5-15(16)21-2)20-14-7-6-12(17)8-11(14)9-19/h3-8,10,20H,1-2H3. The van der Waals surface area contributed by atoms with Crippen LogP contribution in [0, 0.1) is 17.1 Å². The fraction of sp³-hybridized carbons (Fsp3) is 0.188. The van der Waals surface area contributed by atoms with Crippen molar-refractivity contribution in [2.24, 2.45) is 0 Å². The normalized spacial score (nSPS) is 11.6. The van der Waals surface area contributed by atoms with Crippen molar-refractivity contribution in [1.82, 2.24) is 0 Å². The fourth-order valence-electron chi connectivity index (χ4n) is 2.16. The lowest BCUT2D eigenvalue weighted by Gasteiger charge is -2.19. The maximum Gasteiger partial charge on any atom is 0.132 e. The van der Waals surface area contributed by atoms with Gasteiger partial charge in [-0.1, -0.05) is 22.0 Å². The largest absolute Gasteiger partial charge is 0.496 e. The van der Waals surface area contributed by atoms with Gasteiger partial charge in [0.2, 0.25) is 0 Å². The van der Waals surface area contributed by atoms with Crippen LogP contribution >= 0.6 is 15.9 Å². The van der Waals surface area contributed by atoms with E-state index >= 15 is 0 Å². The Bertz CT molecular complexity index is 697. The fourth-order valence-corrected chi connectivity index (χ4v) is 2.52. The highest BCUT2D eigenvalue weighted by atomic mass is 79.9. The quantitative estimate of drug-likeness (QED) is 0.875. The molecule has 108 valence electrons. The molecule has 0 saturated heterocycles. The summed E-state index contributed by atoms with van der Waals surface area (Å²) in [4.78, 5) is 0. The summed E-state index contributed by atoms with van der Waals surface area (Å²) >= 11 is 3.32. The molecule has 0 spiro atoms. The van der Waals surface area contributed by atoms with E-state index in [1.54, 1.807) is 24.3 Å². The average Bonchev–Trinajstić information content (AvgIpc) is 2.48. The molecular formula is C16H14BrFN2O. The van der Waals surface area contributed by atoms with E-state index in [-0.39, 0.29) is 11.9 Å². The molecule has 0 aliphatic carbocycles. The van der Waals surface area contributed by atoms with Crippen LogP contribution in [0.25, 0.3) is 0 Å². The van der Waals surface area contributed by atoms with Crippen LogP contribution in [0.3, 0.4) is 0 Å². The Labute approximate surface area is 131 Å². The van der Waals surface area contributed by atoms with Gasteiger partial charge in [-0.2, -0.15) is 5.26 Å². The molecule has 2 aromatic carbocycles. The number of rotatable bonds is 4. The third-order valence-electron chi connectivity index (χ3n) is 3.14. The van der Waals surface area contributed by atoms with Crippen molar-refractivity contribution in [3.8, 4) is 11.8 Å². The number of anilines is 1. The van der Waals surface area contributed by atoms with E-state index in [9.17, 15) is 9.65 Å². The van der Waals surface area contributed by atoms with Crippen molar-refractivity contribution < 1.29 is 9.13 Å². The number of nitrogens with one attached hydrogen (secondary N) is 1. The van der Waals surface area contributed by atoms with E-state index in [1.165, 1.54) is 13.2 Å². The molecule has 0 aliphatic heterocycles. The second-order valence-electron chi connectivity index (χ2n) is 4.52. The second-order valence-corrected chi connectivity index (χ2v) is 5.44. The molecule has 0 aliphatic rings. The molecule has 0 radical (unpaired) electrons. The summed E-state index contributed by atoms with van der Waals surface area (Å²) in [6.07, 6.45) is 0. The molecule has 0 saturated carbocycles. The first kappa shape index (κ1) is 15.3. The van der Waals surface area contributed by atoms with Gasteiger partial charge in [0, 0.05) is 4.47 Å². The zero-order valence-corrected chi connectivity index (χ0v) is 13.2. The summed E-state index contributed by atoms with van der Waals surface area (Å²) < 4.78 is 20.1. The summed E-state index contributed by atoms with van der Waals surface area (Å²) in [5, 5.41) is 12.3. The Morgan fingerprint density at radius 1 is 1.33 bits per heavy atom. The maximum absolute atomic E-state index is 14.0. The summed E-state index contributed by atoms with van der Waals surface area (Å²) in [5.74, 6) is 0.135. The van der Waals surface area contributed by atoms with E-state index in [0.717, 1.165) is 4.47 Å². The van der Waals surface area contributed by atoms with E-state index < -0.39 is 0 Å². The first-order valence-electron chi connectivity index (χ1n) is 6.35. The number of nitriles is 1. The molecule has 2 rings (SSSR count).